The summed E-state index contributed by atoms with van der Waals surface area (Å²) in [4.78, 5) is 11.0. The van der Waals surface area contributed by atoms with Gasteiger partial charge in [0.25, 0.3) is 0 Å². The van der Waals surface area contributed by atoms with Gasteiger partial charge in [0, 0.05) is 0 Å². The first-order valence-corrected chi connectivity index (χ1v) is 5.33. The Morgan fingerprint density at radius 1 is 1.00 bits per heavy atom. The van der Waals surface area contributed by atoms with E-state index in [-0.39, 0.29) is 0 Å². The Hall–Kier alpha value is -2.13. The Labute approximate surface area is 99.5 Å². The molecule has 0 fully saturated rings. The van der Waals surface area contributed by atoms with Crippen LogP contribution in [-0.4, -0.2) is 11.1 Å². The number of carboxylic acids is 1. The summed E-state index contributed by atoms with van der Waals surface area (Å²) in [5.74, 6) is -1.02. The van der Waals surface area contributed by atoms with Crippen molar-refractivity contribution in [3.8, 4) is 11.1 Å². The van der Waals surface area contributed by atoms with E-state index in [2.05, 4.69) is 0 Å². The number of carboxylic acid groups (broad SMARTS) is 1. The summed E-state index contributed by atoms with van der Waals surface area (Å²) in [5.41, 5.74) is 8.14. The highest BCUT2D eigenvalue weighted by Crippen LogP contribution is 2.27. The highest BCUT2D eigenvalue weighted by molar-refractivity contribution is 5.80. The Morgan fingerprint density at radius 3 is 2.24 bits per heavy atom. The SMILES string of the molecule is N[C@H](C(=O)O)c1ccccc1-c1ccccc1. The van der Waals surface area contributed by atoms with Crippen molar-refractivity contribution in [2.45, 2.75) is 6.04 Å². The second-order valence-electron chi connectivity index (χ2n) is 3.77. The highest BCUT2D eigenvalue weighted by atomic mass is 16.4. The van der Waals surface area contributed by atoms with Crippen molar-refractivity contribution in [3.05, 3.63) is 60.2 Å². The van der Waals surface area contributed by atoms with Crippen LogP contribution in [0.3, 0.4) is 0 Å². The van der Waals surface area contributed by atoms with E-state index >= 15 is 0 Å². The molecule has 0 aliphatic carbocycles. The van der Waals surface area contributed by atoms with E-state index in [1.807, 2.05) is 42.5 Å². The smallest absolute Gasteiger partial charge is 0.325 e. The van der Waals surface area contributed by atoms with Gasteiger partial charge in [-0.2, -0.15) is 0 Å². The maximum absolute atomic E-state index is 11.0. The minimum absolute atomic E-state index is 0.631. The highest BCUT2D eigenvalue weighted by Gasteiger charge is 2.17. The third kappa shape index (κ3) is 2.34. The van der Waals surface area contributed by atoms with Crippen LogP contribution in [-0.2, 0) is 4.79 Å². The van der Waals surface area contributed by atoms with Crippen LogP contribution in [0.15, 0.2) is 54.6 Å². The molecule has 0 bridgehead atoms. The first-order valence-electron chi connectivity index (χ1n) is 5.33. The van der Waals surface area contributed by atoms with E-state index in [1.165, 1.54) is 0 Å². The van der Waals surface area contributed by atoms with Crippen LogP contribution >= 0.6 is 0 Å². The third-order valence-electron chi connectivity index (χ3n) is 2.65. The lowest BCUT2D eigenvalue weighted by molar-refractivity contribution is -0.138. The van der Waals surface area contributed by atoms with Crippen LogP contribution in [0.4, 0.5) is 0 Å². The van der Waals surface area contributed by atoms with Gasteiger partial charge >= 0.3 is 5.97 Å². The second-order valence-corrected chi connectivity index (χ2v) is 3.77. The quantitative estimate of drug-likeness (QED) is 0.846. The Balaban J connectivity index is 2.52. The van der Waals surface area contributed by atoms with Crippen molar-refractivity contribution < 1.29 is 9.90 Å². The van der Waals surface area contributed by atoms with Crippen molar-refractivity contribution >= 4 is 5.97 Å². The van der Waals surface area contributed by atoms with Crippen molar-refractivity contribution in [1.82, 2.24) is 0 Å². The molecule has 0 heterocycles. The molecule has 0 amide bonds. The molecule has 0 saturated heterocycles. The fourth-order valence-electron chi connectivity index (χ4n) is 1.78. The van der Waals surface area contributed by atoms with E-state index in [1.54, 1.807) is 12.1 Å². The minimum atomic E-state index is -1.02. The van der Waals surface area contributed by atoms with Crippen molar-refractivity contribution in [2.24, 2.45) is 5.73 Å². The van der Waals surface area contributed by atoms with Crippen LogP contribution in [0.1, 0.15) is 11.6 Å². The minimum Gasteiger partial charge on any atom is -0.480 e. The molecule has 0 aliphatic rings. The standard InChI is InChI=1S/C14H13NO2/c15-13(14(16)17)12-9-5-4-8-11(12)10-6-2-1-3-7-10/h1-9,13H,15H2,(H,16,17)/t13-/m0/s1. The normalized spacial score (nSPS) is 12.1. The van der Waals surface area contributed by atoms with Gasteiger partial charge in [0.15, 0.2) is 0 Å². The van der Waals surface area contributed by atoms with Gasteiger partial charge in [0.2, 0.25) is 0 Å². The number of hydrogen-bond acceptors (Lipinski definition) is 2. The van der Waals surface area contributed by atoms with Gasteiger partial charge in [-0.05, 0) is 16.7 Å². The molecule has 1 atom stereocenters. The van der Waals surface area contributed by atoms with Gasteiger partial charge < -0.3 is 10.8 Å². The van der Waals surface area contributed by atoms with Crippen LogP contribution in [0.2, 0.25) is 0 Å². The summed E-state index contributed by atoms with van der Waals surface area (Å²) in [7, 11) is 0. The molecule has 86 valence electrons. The molecular formula is C14H13NO2. The Morgan fingerprint density at radius 2 is 1.59 bits per heavy atom. The fraction of sp³-hybridized carbons (Fsp3) is 0.0714. The molecule has 3 N–H and O–H groups in total. The fourth-order valence-corrected chi connectivity index (χ4v) is 1.78. The molecule has 3 heteroatoms. The lowest BCUT2D eigenvalue weighted by Gasteiger charge is -2.12. The zero-order valence-electron chi connectivity index (χ0n) is 9.21. The number of nitrogens with two attached hydrogens (primary N) is 1. The molecule has 0 aromatic heterocycles. The van der Waals surface area contributed by atoms with Crippen molar-refractivity contribution in [2.75, 3.05) is 0 Å². The second kappa shape index (κ2) is 4.80. The lowest BCUT2D eigenvalue weighted by Crippen LogP contribution is -2.21. The molecule has 2 aromatic carbocycles. The number of carbonyl (C=O) groups is 1. The molecule has 0 saturated carbocycles. The van der Waals surface area contributed by atoms with E-state index < -0.39 is 12.0 Å². The largest absolute Gasteiger partial charge is 0.480 e. The van der Waals surface area contributed by atoms with Gasteiger partial charge in [0.1, 0.15) is 6.04 Å². The average molecular weight is 227 g/mol. The monoisotopic (exact) mass is 227 g/mol. The zero-order valence-corrected chi connectivity index (χ0v) is 9.21. The number of rotatable bonds is 3. The van der Waals surface area contributed by atoms with Crippen LogP contribution in [0.25, 0.3) is 11.1 Å². The van der Waals surface area contributed by atoms with E-state index in [9.17, 15) is 4.79 Å². The van der Waals surface area contributed by atoms with Crippen LogP contribution < -0.4 is 5.73 Å². The van der Waals surface area contributed by atoms with E-state index in [0.717, 1.165) is 11.1 Å². The lowest BCUT2D eigenvalue weighted by atomic mass is 9.95. The summed E-state index contributed by atoms with van der Waals surface area (Å²) in [6, 6.07) is 15.9. The number of aliphatic carboxylic acids is 1. The first kappa shape index (κ1) is 11.4. The van der Waals surface area contributed by atoms with Crippen LogP contribution in [0.5, 0.6) is 0 Å². The molecular weight excluding hydrogens is 214 g/mol. The average Bonchev–Trinajstić information content (AvgIpc) is 2.39. The molecule has 17 heavy (non-hydrogen) atoms. The maximum atomic E-state index is 11.0. The first-order chi connectivity index (χ1) is 8.20. The molecule has 2 aromatic rings. The molecule has 2 rings (SSSR count). The predicted octanol–water partition coefficient (Wildman–Crippen LogP) is 2.44. The summed E-state index contributed by atoms with van der Waals surface area (Å²) in [5, 5.41) is 8.98. The summed E-state index contributed by atoms with van der Waals surface area (Å²) >= 11 is 0. The molecule has 3 nitrogen and oxygen atoms in total. The zero-order chi connectivity index (χ0) is 12.3. The van der Waals surface area contributed by atoms with Gasteiger partial charge in [-0.15, -0.1) is 0 Å². The molecule has 0 unspecified atom stereocenters. The summed E-state index contributed by atoms with van der Waals surface area (Å²) < 4.78 is 0. The molecule has 0 aliphatic heterocycles. The topological polar surface area (TPSA) is 63.3 Å². The Bertz CT molecular complexity index is 523. The third-order valence-corrected chi connectivity index (χ3v) is 2.65. The number of benzene rings is 2. The summed E-state index contributed by atoms with van der Waals surface area (Å²) in [6.07, 6.45) is 0. The maximum Gasteiger partial charge on any atom is 0.325 e. The van der Waals surface area contributed by atoms with Gasteiger partial charge in [-0.3, -0.25) is 4.79 Å². The van der Waals surface area contributed by atoms with Crippen molar-refractivity contribution in [3.63, 3.8) is 0 Å². The predicted molar refractivity (Wildman–Crippen MR) is 66.4 cm³/mol. The van der Waals surface area contributed by atoms with E-state index in [4.69, 9.17) is 10.8 Å². The Kier molecular flexibility index (Phi) is 3.21. The van der Waals surface area contributed by atoms with Gasteiger partial charge in [-0.25, -0.2) is 0 Å². The van der Waals surface area contributed by atoms with Gasteiger partial charge in [0.05, 0.1) is 0 Å². The molecule has 0 radical (unpaired) electrons. The number of hydrogen-bond donors (Lipinski definition) is 2. The van der Waals surface area contributed by atoms with Gasteiger partial charge in [-0.1, -0.05) is 54.6 Å². The summed E-state index contributed by atoms with van der Waals surface area (Å²) in [6.45, 7) is 0. The molecule has 0 spiro atoms. The van der Waals surface area contributed by atoms with Crippen molar-refractivity contribution in [1.29, 1.82) is 0 Å². The van der Waals surface area contributed by atoms with E-state index in [0.29, 0.717) is 5.56 Å². The van der Waals surface area contributed by atoms with Crippen LogP contribution in [0, 0.1) is 0 Å².